The van der Waals surface area contributed by atoms with Crippen LogP contribution in [0.3, 0.4) is 0 Å². The summed E-state index contributed by atoms with van der Waals surface area (Å²) in [5, 5.41) is 0. The molecule has 0 heterocycles. The molecule has 0 bridgehead atoms. The second-order valence-corrected chi connectivity index (χ2v) is 7.97. The number of hydrogen-bond donors (Lipinski definition) is 0. The number of benzene rings is 2. The van der Waals surface area contributed by atoms with Crippen LogP contribution in [0, 0.1) is 0 Å². The van der Waals surface area contributed by atoms with Crippen molar-refractivity contribution in [2.75, 3.05) is 47.4 Å². The van der Waals surface area contributed by atoms with Crippen LogP contribution in [0.1, 0.15) is 25.0 Å². The number of esters is 2. The Kier molecular flexibility index (Phi) is 13.1. The normalized spacial score (nSPS) is 11.5. The average Bonchev–Trinajstić information content (AvgIpc) is 2.91. The highest BCUT2D eigenvalue weighted by Crippen LogP contribution is 2.25. The van der Waals surface area contributed by atoms with Gasteiger partial charge in [0.25, 0.3) is 0 Å². The number of rotatable bonds is 16. The van der Waals surface area contributed by atoms with Crippen LogP contribution in [0.5, 0.6) is 11.5 Å². The molecule has 39 heavy (non-hydrogen) atoms. The first-order valence-electron chi connectivity index (χ1n) is 12.0. The Hall–Kier alpha value is -4.28. The molecule has 0 atom stereocenters. The maximum atomic E-state index is 12.4. The summed E-state index contributed by atoms with van der Waals surface area (Å²) in [7, 11) is 2.95. The standard InChI is InChI=1S/C29H32O10/c1-20(30)24(28(32)36-15-13-34-3)17-22-9-5-7-11-26(22)38-19-39-27-12-8-6-10-23(27)18-25(21(2)31)29(33)37-16-14-35-4/h5-12,17-18H,13-16,19H2,1-4H3/b24-17-,25-18-. The number of carbonyl (C=O) groups excluding carboxylic acids is 4. The molecule has 2 rings (SSSR count). The van der Waals surface area contributed by atoms with E-state index in [2.05, 4.69) is 0 Å². The van der Waals surface area contributed by atoms with Crippen molar-refractivity contribution in [3.8, 4) is 11.5 Å². The second-order valence-electron chi connectivity index (χ2n) is 7.97. The molecule has 0 aromatic heterocycles. The Morgan fingerprint density at radius 3 is 1.36 bits per heavy atom. The number of Topliss-reactive ketones (excluding diaryl/α,β-unsaturated/α-hetero) is 2. The van der Waals surface area contributed by atoms with E-state index in [0.29, 0.717) is 22.6 Å². The van der Waals surface area contributed by atoms with Crippen molar-refractivity contribution in [1.82, 2.24) is 0 Å². The largest absolute Gasteiger partial charge is 0.460 e. The van der Waals surface area contributed by atoms with Gasteiger partial charge in [0.2, 0.25) is 6.79 Å². The van der Waals surface area contributed by atoms with E-state index in [-0.39, 0.29) is 44.4 Å². The third kappa shape index (κ3) is 10.2. The molecular formula is C29H32O10. The molecule has 0 fully saturated rings. The fraction of sp³-hybridized carbons (Fsp3) is 0.310. The molecule has 0 radical (unpaired) electrons. The molecule has 10 nitrogen and oxygen atoms in total. The summed E-state index contributed by atoms with van der Waals surface area (Å²) in [5.74, 6) is -1.78. The van der Waals surface area contributed by atoms with E-state index in [1.165, 1.54) is 40.2 Å². The van der Waals surface area contributed by atoms with E-state index in [4.69, 9.17) is 28.4 Å². The Balaban J connectivity index is 2.20. The summed E-state index contributed by atoms with van der Waals surface area (Å²) in [6.45, 7) is 2.70. The van der Waals surface area contributed by atoms with E-state index in [9.17, 15) is 19.2 Å². The monoisotopic (exact) mass is 540 g/mol. The van der Waals surface area contributed by atoms with Crippen molar-refractivity contribution < 1.29 is 47.6 Å². The first kappa shape index (κ1) is 30.9. The van der Waals surface area contributed by atoms with Gasteiger partial charge < -0.3 is 28.4 Å². The van der Waals surface area contributed by atoms with Crippen molar-refractivity contribution in [1.29, 1.82) is 0 Å². The Morgan fingerprint density at radius 2 is 1.00 bits per heavy atom. The summed E-state index contributed by atoms with van der Waals surface area (Å²) in [4.78, 5) is 48.9. The van der Waals surface area contributed by atoms with Gasteiger partial charge in [-0.15, -0.1) is 0 Å². The average molecular weight is 541 g/mol. The van der Waals surface area contributed by atoms with Gasteiger partial charge in [0.15, 0.2) is 11.6 Å². The number of carbonyl (C=O) groups is 4. The minimum atomic E-state index is -0.770. The quantitative estimate of drug-likeness (QED) is 0.0781. The summed E-state index contributed by atoms with van der Waals surface area (Å²) in [5.41, 5.74) is 0.627. The lowest BCUT2D eigenvalue weighted by atomic mass is 10.1. The molecule has 0 saturated carbocycles. The first-order valence-corrected chi connectivity index (χ1v) is 12.0. The van der Waals surface area contributed by atoms with Crippen molar-refractivity contribution in [3.05, 3.63) is 70.8 Å². The van der Waals surface area contributed by atoms with E-state index in [1.54, 1.807) is 48.5 Å². The lowest BCUT2D eigenvalue weighted by Gasteiger charge is -2.13. The predicted molar refractivity (Wildman–Crippen MR) is 142 cm³/mol. The number of methoxy groups -OCH3 is 2. The smallest absolute Gasteiger partial charge is 0.341 e. The van der Waals surface area contributed by atoms with Gasteiger partial charge in [-0.2, -0.15) is 0 Å². The van der Waals surface area contributed by atoms with Crippen LogP contribution in [-0.4, -0.2) is 70.9 Å². The highest BCUT2D eigenvalue weighted by molar-refractivity contribution is 6.20. The zero-order valence-electron chi connectivity index (χ0n) is 22.4. The van der Waals surface area contributed by atoms with Gasteiger partial charge in [0.1, 0.15) is 35.9 Å². The van der Waals surface area contributed by atoms with Crippen molar-refractivity contribution in [3.63, 3.8) is 0 Å². The van der Waals surface area contributed by atoms with Crippen molar-refractivity contribution in [2.45, 2.75) is 13.8 Å². The van der Waals surface area contributed by atoms with Crippen LogP contribution in [0.2, 0.25) is 0 Å². The molecule has 10 heteroatoms. The molecule has 0 N–H and O–H groups in total. The van der Waals surface area contributed by atoms with Crippen LogP contribution in [-0.2, 0) is 38.1 Å². The Bertz CT molecular complexity index is 1120. The van der Waals surface area contributed by atoms with Gasteiger partial charge in [0, 0.05) is 25.3 Å². The van der Waals surface area contributed by atoms with E-state index >= 15 is 0 Å². The first-order chi connectivity index (χ1) is 18.8. The van der Waals surface area contributed by atoms with Crippen LogP contribution < -0.4 is 9.47 Å². The predicted octanol–water partition coefficient (Wildman–Crippen LogP) is 3.43. The summed E-state index contributed by atoms with van der Waals surface area (Å²) >= 11 is 0. The molecule has 0 aliphatic rings. The maximum absolute atomic E-state index is 12.4. The number of ketones is 2. The van der Waals surface area contributed by atoms with Gasteiger partial charge in [-0.05, 0) is 38.1 Å². The van der Waals surface area contributed by atoms with E-state index in [1.807, 2.05) is 0 Å². The molecular weight excluding hydrogens is 508 g/mol. The molecule has 0 unspecified atom stereocenters. The van der Waals surface area contributed by atoms with E-state index in [0.717, 1.165) is 0 Å². The highest BCUT2D eigenvalue weighted by Gasteiger charge is 2.18. The molecule has 0 aliphatic carbocycles. The molecule has 0 spiro atoms. The molecule has 2 aromatic carbocycles. The molecule has 2 aromatic rings. The number of ether oxygens (including phenoxy) is 6. The van der Waals surface area contributed by atoms with Gasteiger partial charge in [-0.25, -0.2) is 9.59 Å². The third-order valence-electron chi connectivity index (χ3n) is 5.11. The summed E-state index contributed by atoms with van der Waals surface area (Å²) in [6.07, 6.45) is 2.77. The van der Waals surface area contributed by atoms with Gasteiger partial charge in [-0.1, -0.05) is 36.4 Å². The maximum Gasteiger partial charge on any atom is 0.341 e. The fourth-order valence-corrected chi connectivity index (χ4v) is 3.13. The van der Waals surface area contributed by atoms with Crippen LogP contribution in [0.4, 0.5) is 0 Å². The minimum Gasteiger partial charge on any atom is -0.460 e. The molecule has 0 amide bonds. The zero-order valence-corrected chi connectivity index (χ0v) is 22.4. The van der Waals surface area contributed by atoms with E-state index < -0.39 is 23.5 Å². The zero-order chi connectivity index (χ0) is 28.6. The minimum absolute atomic E-state index is 0.00994. The number of hydrogen-bond acceptors (Lipinski definition) is 10. The SMILES string of the molecule is COCCOC(=O)/C(=C\c1ccccc1OCOc1ccccc1/C=C(/C(C)=O)C(=O)OCCOC)C(C)=O. The summed E-state index contributed by atoms with van der Waals surface area (Å²) in [6, 6.07) is 13.5. The number of para-hydroxylation sites is 2. The lowest BCUT2D eigenvalue weighted by Crippen LogP contribution is -2.16. The van der Waals surface area contributed by atoms with Gasteiger partial charge in [0.05, 0.1) is 13.2 Å². The second kappa shape index (κ2) is 16.5. The topological polar surface area (TPSA) is 124 Å². The third-order valence-corrected chi connectivity index (χ3v) is 5.11. The Morgan fingerprint density at radius 1 is 0.615 bits per heavy atom. The van der Waals surface area contributed by atoms with Crippen LogP contribution >= 0.6 is 0 Å². The summed E-state index contributed by atoms with van der Waals surface area (Å²) < 4.78 is 31.4. The highest BCUT2D eigenvalue weighted by atomic mass is 16.7. The molecule has 0 saturated heterocycles. The Labute approximate surface area is 227 Å². The molecule has 208 valence electrons. The van der Waals surface area contributed by atoms with Crippen molar-refractivity contribution >= 4 is 35.7 Å². The van der Waals surface area contributed by atoms with Crippen LogP contribution in [0.25, 0.3) is 12.2 Å². The molecule has 0 aliphatic heterocycles. The lowest BCUT2D eigenvalue weighted by molar-refractivity contribution is -0.142. The van der Waals surface area contributed by atoms with Crippen LogP contribution in [0.15, 0.2) is 59.7 Å². The fourth-order valence-electron chi connectivity index (χ4n) is 3.13. The van der Waals surface area contributed by atoms with Gasteiger partial charge in [-0.3, -0.25) is 9.59 Å². The van der Waals surface area contributed by atoms with Crippen molar-refractivity contribution in [2.24, 2.45) is 0 Å². The van der Waals surface area contributed by atoms with Gasteiger partial charge >= 0.3 is 11.9 Å².